The Morgan fingerprint density at radius 2 is 1.97 bits per heavy atom. The van der Waals surface area contributed by atoms with Crippen molar-refractivity contribution < 1.29 is 19.1 Å². The number of morpholine rings is 1. The maximum Gasteiger partial charge on any atom is 0.340 e. The van der Waals surface area contributed by atoms with Gasteiger partial charge in [-0.2, -0.15) is 0 Å². The molecule has 0 atom stereocenters. The molecule has 156 valence electrons. The van der Waals surface area contributed by atoms with E-state index in [9.17, 15) is 9.59 Å². The summed E-state index contributed by atoms with van der Waals surface area (Å²) in [6.45, 7) is 4.62. The predicted octanol–water partition coefficient (Wildman–Crippen LogP) is 4.82. The molecule has 2 heterocycles. The van der Waals surface area contributed by atoms with E-state index >= 15 is 0 Å². The summed E-state index contributed by atoms with van der Waals surface area (Å²) < 4.78 is 11.6. The SMILES string of the molecule is CCOC(=O)c1cc(NC(=O)c2sc3ccccc3c2Cl)ccc1N1CCOCC1. The molecule has 4 rings (SSSR count). The number of carbonyl (C=O) groups excluding carboxylic acids is 2. The molecule has 1 amide bonds. The minimum Gasteiger partial charge on any atom is -0.462 e. The van der Waals surface area contributed by atoms with Gasteiger partial charge in [0.1, 0.15) is 4.88 Å². The van der Waals surface area contributed by atoms with Crippen LogP contribution in [0.1, 0.15) is 27.0 Å². The molecule has 0 radical (unpaired) electrons. The van der Waals surface area contributed by atoms with Crippen molar-refractivity contribution in [2.75, 3.05) is 43.1 Å². The van der Waals surface area contributed by atoms with Crippen molar-refractivity contribution in [3.8, 4) is 0 Å². The van der Waals surface area contributed by atoms with Crippen molar-refractivity contribution in [3.05, 3.63) is 57.9 Å². The topological polar surface area (TPSA) is 67.9 Å². The zero-order chi connectivity index (χ0) is 21.1. The van der Waals surface area contributed by atoms with E-state index in [0.29, 0.717) is 47.5 Å². The standard InChI is InChI=1S/C22H21ClN2O4S/c1-2-29-22(27)16-13-14(7-8-17(16)25-9-11-28-12-10-25)24-21(26)20-19(23)15-5-3-4-6-18(15)30-20/h3-8,13H,2,9-12H2,1H3,(H,24,26). The van der Waals surface area contributed by atoms with Crippen molar-refractivity contribution in [3.63, 3.8) is 0 Å². The lowest BCUT2D eigenvalue weighted by Crippen LogP contribution is -2.37. The molecular weight excluding hydrogens is 424 g/mol. The number of nitrogens with zero attached hydrogens (tertiary/aromatic N) is 1. The van der Waals surface area contributed by atoms with Crippen LogP contribution in [0.15, 0.2) is 42.5 Å². The van der Waals surface area contributed by atoms with Gasteiger partial charge in [0.25, 0.3) is 5.91 Å². The molecule has 1 aromatic heterocycles. The second-order valence-electron chi connectivity index (χ2n) is 6.75. The number of thiophene rings is 1. The average molecular weight is 445 g/mol. The number of anilines is 2. The molecule has 6 nitrogen and oxygen atoms in total. The van der Waals surface area contributed by atoms with E-state index < -0.39 is 5.97 Å². The molecule has 0 bridgehead atoms. The molecule has 1 fully saturated rings. The summed E-state index contributed by atoms with van der Waals surface area (Å²) in [5.41, 5.74) is 1.70. The van der Waals surface area contributed by atoms with Crippen LogP contribution >= 0.6 is 22.9 Å². The summed E-state index contributed by atoms with van der Waals surface area (Å²) in [4.78, 5) is 28.0. The molecule has 0 aliphatic carbocycles. The van der Waals surface area contributed by atoms with Gasteiger partial charge in [0, 0.05) is 28.9 Å². The van der Waals surface area contributed by atoms with Gasteiger partial charge in [0.2, 0.25) is 0 Å². The number of fused-ring (bicyclic) bond motifs is 1. The van der Waals surface area contributed by atoms with Gasteiger partial charge in [-0.1, -0.05) is 29.8 Å². The minimum atomic E-state index is -0.421. The second-order valence-corrected chi connectivity index (χ2v) is 8.18. The number of rotatable bonds is 5. The number of carbonyl (C=O) groups is 2. The van der Waals surface area contributed by atoms with Crippen LogP contribution < -0.4 is 10.2 Å². The molecule has 0 spiro atoms. The highest BCUT2D eigenvalue weighted by atomic mass is 35.5. The molecular formula is C22H21ClN2O4S. The number of halogens is 1. The number of ether oxygens (including phenoxy) is 2. The molecule has 3 aromatic rings. The fourth-order valence-corrected chi connectivity index (χ4v) is 4.83. The van der Waals surface area contributed by atoms with Gasteiger partial charge < -0.3 is 19.7 Å². The molecule has 1 aliphatic heterocycles. The Kier molecular flexibility index (Phi) is 6.22. The predicted molar refractivity (Wildman–Crippen MR) is 120 cm³/mol. The first-order chi connectivity index (χ1) is 14.6. The lowest BCUT2D eigenvalue weighted by atomic mass is 10.1. The summed E-state index contributed by atoms with van der Waals surface area (Å²) in [6.07, 6.45) is 0. The highest BCUT2D eigenvalue weighted by molar-refractivity contribution is 7.21. The van der Waals surface area contributed by atoms with E-state index in [1.54, 1.807) is 19.1 Å². The van der Waals surface area contributed by atoms with Crippen LogP contribution in [0.5, 0.6) is 0 Å². The van der Waals surface area contributed by atoms with Crippen LogP contribution in [0.4, 0.5) is 11.4 Å². The largest absolute Gasteiger partial charge is 0.462 e. The highest BCUT2D eigenvalue weighted by Crippen LogP contribution is 2.36. The minimum absolute atomic E-state index is 0.273. The van der Waals surface area contributed by atoms with E-state index in [1.165, 1.54) is 11.3 Å². The maximum absolute atomic E-state index is 12.9. The summed E-state index contributed by atoms with van der Waals surface area (Å²) >= 11 is 7.76. The number of amides is 1. The van der Waals surface area contributed by atoms with Crippen molar-refractivity contribution in [1.29, 1.82) is 0 Å². The Morgan fingerprint density at radius 1 is 1.20 bits per heavy atom. The van der Waals surface area contributed by atoms with Crippen LogP contribution in [-0.2, 0) is 9.47 Å². The van der Waals surface area contributed by atoms with Crippen molar-refractivity contribution in [1.82, 2.24) is 0 Å². The summed E-state index contributed by atoms with van der Waals surface area (Å²) in [6, 6.07) is 12.9. The van der Waals surface area contributed by atoms with E-state index in [0.717, 1.165) is 15.8 Å². The van der Waals surface area contributed by atoms with Gasteiger partial charge in [0.15, 0.2) is 0 Å². The van der Waals surface area contributed by atoms with Gasteiger partial charge >= 0.3 is 5.97 Å². The van der Waals surface area contributed by atoms with Crippen LogP contribution in [0.3, 0.4) is 0 Å². The number of hydrogen-bond acceptors (Lipinski definition) is 6. The second kappa shape index (κ2) is 9.04. The first-order valence-electron chi connectivity index (χ1n) is 9.70. The summed E-state index contributed by atoms with van der Waals surface area (Å²) in [5.74, 6) is -0.731. The molecule has 0 saturated carbocycles. The number of hydrogen-bond donors (Lipinski definition) is 1. The van der Waals surface area contributed by atoms with E-state index in [-0.39, 0.29) is 12.5 Å². The zero-order valence-corrected chi connectivity index (χ0v) is 18.0. The fourth-order valence-electron chi connectivity index (χ4n) is 3.41. The Labute approximate surface area is 183 Å². The van der Waals surface area contributed by atoms with Gasteiger partial charge in [-0.05, 0) is 31.2 Å². The molecule has 1 N–H and O–H groups in total. The van der Waals surface area contributed by atoms with Gasteiger partial charge in [-0.25, -0.2) is 4.79 Å². The van der Waals surface area contributed by atoms with Gasteiger partial charge in [-0.3, -0.25) is 4.79 Å². The molecule has 2 aromatic carbocycles. The third kappa shape index (κ3) is 4.14. The number of benzene rings is 2. The van der Waals surface area contributed by atoms with Gasteiger partial charge in [0.05, 0.1) is 36.1 Å². The smallest absolute Gasteiger partial charge is 0.340 e. The Balaban J connectivity index is 1.63. The van der Waals surface area contributed by atoms with Crippen molar-refractivity contribution in [2.45, 2.75) is 6.92 Å². The molecule has 8 heteroatoms. The Hall–Kier alpha value is -2.61. The average Bonchev–Trinajstić information content (AvgIpc) is 3.11. The molecule has 0 unspecified atom stereocenters. The monoisotopic (exact) mass is 444 g/mol. The normalized spacial score (nSPS) is 14.0. The van der Waals surface area contributed by atoms with Crippen molar-refractivity contribution >= 4 is 56.3 Å². The zero-order valence-electron chi connectivity index (χ0n) is 16.4. The first-order valence-corrected chi connectivity index (χ1v) is 10.9. The van der Waals surface area contributed by atoms with Crippen molar-refractivity contribution in [2.24, 2.45) is 0 Å². The quantitative estimate of drug-likeness (QED) is 0.571. The fraction of sp³-hybridized carbons (Fsp3) is 0.273. The van der Waals surface area contributed by atoms with E-state index in [2.05, 4.69) is 10.2 Å². The third-order valence-electron chi connectivity index (χ3n) is 4.84. The lowest BCUT2D eigenvalue weighted by molar-refractivity contribution is 0.0526. The number of nitrogens with one attached hydrogen (secondary N) is 1. The van der Waals surface area contributed by atoms with Crippen LogP contribution in [0.2, 0.25) is 5.02 Å². The van der Waals surface area contributed by atoms with E-state index in [1.807, 2.05) is 30.3 Å². The van der Waals surface area contributed by atoms with Gasteiger partial charge in [-0.15, -0.1) is 11.3 Å². The Bertz CT molecular complexity index is 1090. The first kappa shape index (κ1) is 20.7. The van der Waals surface area contributed by atoms with E-state index in [4.69, 9.17) is 21.1 Å². The highest BCUT2D eigenvalue weighted by Gasteiger charge is 2.22. The summed E-state index contributed by atoms with van der Waals surface area (Å²) in [5, 5.41) is 4.15. The lowest BCUT2D eigenvalue weighted by Gasteiger charge is -2.30. The molecule has 1 aliphatic rings. The molecule has 30 heavy (non-hydrogen) atoms. The maximum atomic E-state index is 12.9. The van der Waals surface area contributed by atoms with Crippen LogP contribution in [-0.4, -0.2) is 44.8 Å². The van der Waals surface area contributed by atoms with Crippen LogP contribution in [0, 0.1) is 0 Å². The third-order valence-corrected chi connectivity index (χ3v) is 6.52. The summed E-state index contributed by atoms with van der Waals surface area (Å²) in [7, 11) is 0. The molecule has 1 saturated heterocycles. The number of esters is 1. The Morgan fingerprint density at radius 3 is 2.70 bits per heavy atom. The van der Waals surface area contributed by atoms with Crippen LogP contribution in [0.25, 0.3) is 10.1 Å².